The van der Waals surface area contributed by atoms with Gasteiger partial charge in [0.15, 0.2) is 0 Å². The Hall–Kier alpha value is -1.40. The zero-order valence-corrected chi connectivity index (χ0v) is 10.7. The molecule has 1 aromatic heterocycles. The van der Waals surface area contributed by atoms with Crippen molar-refractivity contribution in [3.8, 4) is 0 Å². The molecule has 1 aliphatic rings. The summed E-state index contributed by atoms with van der Waals surface area (Å²) in [5, 5.41) is 13.5. The van der Waals surface area contributed by atoms with Gasteiger partial charge in [-0.1, -0.05) is 0 Å². The summed E-state index contributed by atoms with van der Waals surface area (Å²) in [5.74, 6) is 0.0800. The van der Waals surface area contributed by atoms with Crippen molar-refractivity contribution in [2.45, 2.75) is 18.9 Å². The molecule has 1 aliphatic heterocycles. The van der Waals surface area contributed by atoms with Gasteiger partial charge < -0.3 is 15.0 Å². The maximum absolute atomic E-state index is 12.0. The van der Waals surface area contributed by atoms with Gasteiger partial charge in [0.2, 0.25) is 0 Å². The quantitative estimate of drug-likeness (QED) is 0.717. The monoisotopic (exact) mass is 253 g/mol. The summed E-state index contributed by atoms with van der Waals surface area (Å²) in [6, 6.07) is 0. The summed E-state index contributed by atoms with van der Waals surface area (Å²) in [5.41, 5.74) is -0.461. The van der Waals surface area contributed by atoms with Crippen LogP contribution < -0.4 is 16.6 Å². The van der Waals surface area contributed by atoms with E-state index in [9.17, 15) is 14.7 Å². The fourth-order valence-corrected chi connectivity index (χ4v) is 2.45. The molecule has 0 aromatic carbocycles. The highest BCUT2D eigenvalue weighted by Crippen LogP contribution is 2.26. The van der Waals surface area contributed by atoms with Crippen molar-refractivity contribution in [3.05, 3.63) is 32.6 Å². The first-order valence-corrected chi connectivity index (χ1v) is 6.17. The minimum absolute atomic E-state index is 0.0800. The number of aliphatic hydroxyl groups is 1. The van der Waals surface area contributed by atoms with Crippen molar-refractivity contribution in [2.24, 2.45) is 20.0 Å². The zero-order valence-electron chi connectivity index (χ0n) is 10.7. The van der Waals surface area contributed by atoms with Gasteiger partial charge >= 0.3 is 5.69 Å². The SMILES string of the molecule is Cn1cc([C@H](O)C2CCNCC2)c(=O)n(C)c1=O. The van der Waals surface area contributed by atoms with Gasteiger partial charge in [-0.3, -0.25) is 9.36 Å². The van der Waals surface area contributed by atoms with Gasteiger partial charge in [0.1, 0.15) is 0 Å². The number of aromatic nitrogens is 2. The van der Waals surface area contributed by atoms with Gasteiger partial charge in [0.05, 0.1) is 11.7 Å². The predicted octanol–water partition coefficient (Wildman–Crippen LogP) is -0.883. The zero-order chi connectivity index (χ0) is 13.3. The second kappa shape index (κ2) is 5.07. The maximum Gasteiger partial charge on any atom is 0.330 e. The maximum atomic E-state index is 12.0. The molecule has 1 atom stereocenters. The Bertz CT molecular complexity index is 540. The highest BCUT2D eigenvalue weighted by Gasteiger charge is 2.26. The van der Waals surface area contributed by atoms with E-state index in [-0.39, 0.29) is 11.6 Å². The molecule has 0 spiro atoms. The molecule has 2 rings (SSSR count). The van der Waals surface area contributed by atoms with Crippen LogP contribution in [0, 0.1) is 5.92 Å². The molecule has 1 saturated heterocycles. The van der Waals surface area contributed by atoms with Gasteiger partial charge in [0.25, 0.3) is 5.56 Å². The Morgan fingerprint density at radius 3 is 2.56 bits per heavy atom. The minimum Gasteiger partial charge on any atom is -0.388 e. The van der Waals surface area contributed by atoms with Gasteiger partial charge in [-0.2, -0.15) is 0 Å². The molecule has 0 saturated carbocycles. The van der Waals surface area contributed by atoms with Crippen LogP contribution in [0.25, 0.3) is 0 Å². The molecule has 0 unspecified atom stereocenters. The number of hydrogen-bond acceptors (Lipinski definition) is 4. The molecule has 1 aromatic rings. The predicted molar refractivity (Wildman–Crippen MR) is 67.5 cm³/mol. The van der Waals surface area contributed by atoms with Crippen LogP contribution >= 0.6 is 0 Å². The first kappa shape index (κ1) is 13.0. The summed E-state index contributed by atoms with van der Waals surface area (Å²) in [6.07, 6.45) is 2.34. The number of nitrogens with one attached hydrogen (secondary N) is 1. The van der Waals surface area contributed by atoms with Crippen molar-refractivity contribution >= 4 is 0 Å². The summed E-state index contributed by atoms with van der Waals surface area (Å²) < 4.78 is 2.38. The van der Waals surface area contributed by atoms with Crippen LogP contribution in [0.1, 0.15) is 24.5 Å². The summed E-state index contributed by atoms with van der Waals surface area (Å²) in [4.78, 5) is 23.6. The lowest BCUT2D eigenvalue weighted by molar-refractivity contribution is 0.0865. The normalized spacial score (nSPS) is 18.8. The van der Waals surface area contributed by atoms with Crippen LogP contribution in [0.3, 0.4) is 0 Å². The van der Waals surface area contributed by atoms with Gasteiger partial charge in [-0.05, 0) is 31.8 Å². The largest absolute Gasteiger partial charge is 0.388 e. The first-order valence-electron chi connectivity index (χ1n) is 6.17. The number of rotatable bonds is 2. The molecule has 6 heteroatoms. The van der Waals surface area contributed by atoms with Gasteiger partial charge in [-0.25, -0.2) is 4.79 Å². The minimum atomic E-state index is -0.794. The van der Waals surface area contributed by atoms with Gasteiger partial charge in [0, 0.05) is 20.3 Å². The lowest BCUT2D eigenvalue weighted by atomic mass is 9.89. The van der Waals surface area contributed by atoms with E-state index in [2.05, 4.69) is 5.32 Å². The number of nitrogens with zero attached hydrogens (tertiary/aromatic N) is 2. The van der Waals surface area contributed by atoms with E-state index >= 15 is 0 Å². The Morgan fingerprint density at radius 1 is 1.33 bits per heavy atom. The summed E-state index contributed by atoms with van der Waals surface area (Å²) in [7, 11) is 3.02. The topological polar surface area (TPSA) is 76.3 Å². The second-order valence-corrected chi connectivity index (χ2v) is 4.87. The molecule has 1 fully saturated rings. The summed E-state index contributed by atoms with van der Waals surface area (Å²) in [6.45, 7) is 1.71. The Labute approximate surface area is 105 Å². The third-order valence-electron chi connectivity index (χ3n) is 3.62. The highest BCUT2D eigenvalue weighted by molar-refractivity contribution is 5.10. The Morgan fingerprint density at radius 2 is 1.94 bits per heavy atom. The third-order valence-corrected chi connectivity index (χ3v) is 3.62. The molecule has 18 heavy (non-hydrogen) atoms. The Kier molecular flexibility index (Phi) is 3.68. The summed E-state index contributed by atoms with van der Waals surface area (Å²) >= 11 is 0. The van der Waals surface area contributed by atoms with E-state index in [1.165, 1.54) is 17.8 Å². The number of aliphatic hydroxyl groups excluding tert-OH is 1. The van der Waals surface area contributed by atoms with Crippen molar-refractivity contribution in [2.75, 3.05) is 13.1 Å². The third kappa shape index (κ3) is 2.26. The first-order chi connectivity index (χ1) is 8.52. The second-order valence-electron chi connectivity index (χ2n) is 4.87. The molecule has 2 N–H and O–H groups in total. The number of hydrogen-bond donors (Lipinski definition) is 2. The van der Waals surface area contributed by atoms with E-state index in [1.807, 2.05) is 0 Å². The lowest BCUT2D eigenvalue weighted by Crippen LogP contribution is -2.41. The standard InChI is InChI=1S/C12H19N3O3/c1-14-7-9(11(17)15(2)12(14)18)10(16)8-3-5-13-6-4-8/h7-8,10,13,16H,3-6H2,1-2H3/t10-/m1/s1. The van der Waals surface area contributed by atoms with Gasteiger partial charge in [-0.15, -0.1) is 0 Å². The van der Waals surface area contributed by atoms with Crippen LogP contribution in [0.2, 0.25) is 0 Å². The molecule has 6 nitrogen and oxygen atoms in total. The van der Waals surface area contributed by atoms with E-state index in [0.29, 0.717) is 5.56 Å². The van der Waals surface area contributed by atoms with Crippen molar-refractivity contribution in [1.82, 2.24) is 14.5 Å². The fraction of sp³-hybridized carbons (Fsp3) is 0.667. The molecule has 0 aliphatic carbocycles. The number of piperidine rings is 1. The molecule has 0 bridgehead atoms. The highest BCUT2D eigenvalue weighted by atomic mass is 16.3. The smallest absolute Gasteiger partial charge is 0.330 e. The van der Waals surface area contributed by atoms with Crippen LogP contribution in [0.15, 0.2) is 15.8 Å². The Balaban J connectivity index is 2.38. The van der Waals surface area contributed by atoms with Crippen LogP contribution in [0.5, 0.6) is 0 Å². The molecule has 2 heterocycles. The van der Waals surface area contributed by atoms with E-state index in [4.69, 9.17) is 0 Å². The van der Waals surface area contributed by atoms with Crippen LogP contribution in [0.4, 0.5) is 0 Å². The van der Waals surface area contributed by atoms with E-state index in [0.717, 1.165) is 30.5 Å². The average Bonchev–Trinajstić information content (AvgIpc) is 2.41. The molecular formula is C12H19N3O3. The van der Waals surface area contributed by atoms with Crippen LogP contribution in [-0.4, -0.2) is 27.3 Å². The average molecular weight is 253 g/mol. The molecule has 100 valence electrons. The molecular weight excluding hydrogens is 234 g/mol. The van der Waals surface area contributed by atoms with Crippen molar-refractivity contribution in [3.63, 3.8) is 0 Å². The molecule has 0 radical (unpaired) electrons. The van der Waals surface area contributed by atoms with Crippen molar-refractivity contribution in [1.29, 1.82) is 0 Å². The lowest BCUT2D eigenvalue weighted by Gasteiger charge is -2.27. The van der Waals surface area contributed by atoms with E-state index < -0.39 is 11.7 Å². The van der Waals surface area contributed by atoms with E-state index in [1.54, 1.807) is 7.05 Å². The fourth-order valence-electron chi connectivity index (χ4n) is 2.45. The van der Waals surface area contributed by atoms with Crippen LogP contribution in [-0.2, 0) is 14.1 Å². The van der Waals surface area contributed by atoms with Crippen molar-refractivity contribution < 1.29 is 5.11 Å². The molecule has 0 amide bonds. The number of aryl methyl sites for hydroxylation is 1.